The van der Waals surface area contributed by atoms with Crippen molar-refractivity contribution in [2.75, 3.05) is 19.1 Å². The molecule has 0 aromatic heterocycles. The first-order chi connectivity index (χ1) is 10.0. The molecule has 0 fully saturated rings. The summed E-state index contributed by atoms with van der Waals surface area (Å²) >= 11 is 6.06. The van der Waals surface area contributed by atoms with Gasteiger partial charge in [-0.1, -0.05) is 30.7 Å². The Morgan fingerprint density at radius 1 is 1.19 bits per heavy atom. The van der Waals surface area contributed by atoms with Crippen LogP contribution in [0.1, 0.15) is 18.1 Å². The lowest BCUT2D eigenvalue weighted by Crippen LogP contribution is -2.16. The van der Waals surface area contributed by atoms with Crippen LogP contribution in [0.25, 0.3) is 0 Å². The number of aryl methyl sites for hydroxylation is 1. The van der Waals surface area contributed by atoms with Crippen molar-refractivity contribution in [3.8, 4) is 11.5 Å². The number of ether oxygens (including phenoxy) is 1. The molecule has 3 nitrogen and oxygen atoms in total. The lowest BCUT2D eigenvalue weighted by Gasteiger charge is -2.21. The number of methoxy groups -OCH3 is 1. The van der Waals surface area contributed by atoms with Crippen LogP contribution in [0.4, 0.5) is 5.69 Å². The molecule has 4 heteroatoms. The van der Waals surface area contributed by atoms with Crippen molar-refractivity contribution in [3.05, 3.63) is 52.5 Å². The van der Waals surface area contributed by atoms with Crippen molar-refractivity contribution >= 4 is 17.3 Å². The monoisotopic (exact) mass is 305 g/mol. The molecular weight excluding hydrogens is 286 g/mol. The fraction of sp³-hybridized carbons (Fsp3) is 0.294. The number of phenols is 1. The van der Waals surface area contributed by atoms with Crippen LogP contribution in [0.5, 0.6) is 11.5 Å². The Morgan fingerprint density at radius 3 is 2.43 bits per heavy atom. The average Bonchev–Trinajstić information content (AvgIpc) is 2.50. The lowest BCUT2D eigenvalue weighted by atomic mass is 10.1. The molecule has 0 saturated heterocycles. The second-order valence-corrected chi connectivity index (χ2v) is 5.43. The summed E-state index contributed by atoms with van der Waals surface area (Å²) in [5, 5.41) is 10.7. The summed E-state index contributed by atoms with van der Waals surface area (Å²) in [6.45, 7) is 2.68. The third-order valence-electron chi connectivity index (χ3n) is 3.53. The van der Waals surface area contributed by atoms with Crippen LogP contribution >= 0.6 is 11.6 Å². The first-order valence-corrected chi connectivity index (χ1v) is 7.28. The average molecular weight is 306 g/mol. The van der Waals surface area contributed by atoms with E-state index in [4.69, 9.17) is 16.3 Å². The summed E-state index contributed by atoms with van der Waals surface area (Å²) in [5.74, 6) is 0.533. The van der Waals surface area contributed by atoms with Crippen molar-refractivity contribution in [3.63, 3.8) is 0 Å². The van der Waals surface area contributed by atoms with Gasteiger partial charge in [0.15, 0.2) is 11.5 Å². The molecule has 0 saturated carbocycles. The van der Waals surface area contributed by atoms with Crippen LogP contribution < -0.4 is 9.64 Å². The Morgan fingerprint density at radius 2 is 1.86 bits per heavy atom. The zero-order valence-electron chi connectivity index (χ0n) is 12.6. The number of anilines is 1. The predicted molar refractivity (Wildman–Crippen MR) is 87.6 cm³/mol. The number of halogens is 1. The highest BCUT2D eigenvalue weighted by molar-refractivity contribution is 6.30. The second-order valence-electron chi connectivity index (χ2n) is 4.99. The van der Waals surface area contributed by atoms with Gasteiger partial charge in [0, 0.05) is 35.9 Å². The summed E-state index contributed by atoms with van der Waals surface area (Å²) in [6.07, 6.45) is 1.02. The predicted octanol–water partition coefficient (Wildman–Crippen LogP) is 4.25. The Bertz CT molecular complexity index is 611. The molecule has 2 rings (SSSR count). The van der Waals surface area contributed by atoms with Crippen LogP contribution in [0.3, 0.4) is 0 Å². The van der Waals surface area contributed by atoms with Crippen LogP contribution in [0.2, 0.25) is 5.02 Å². The van der Waals surface area contributed by atoms with Crippen molar-refractivity contribution in [1.82, 2.24) is 0 Å². The van der Waals surface area contributed by atoms with Gasteiger partial charge in [0.05, 0.1) is 7.11 Å². The van der Waals surface area contributed by atoms with Crippen LogP contribution in [0, 0.1) is 0 Å². The van der Waals surface area contributed by atoms with Gasteiger partial charge in [-0.15, -0.1) is 0 Å². The van der Waals surface area contributed by atoms with Crippen LogP contribution in [-0.4, -0.2) is 19.3 Å². The van der Waals surface area contributed by atoms with E-state index in [1.54, 1.807) is 12.1 Å². The Kier molecular flexibility index (Phi) is 4.97. The van der Waals surface area contributed by atoms with Gasteiger partial charge in [0.25, 0.3) is 0 Å². The van der Waals surface area contributed by atoms with E-state index < -0.39 is 0 Å². The lowest BCUT2D eigenvalue weighted by molar-refractivity contribution is 0.370. The van der Waals surface area contributed by atoms with E-state index in [1.165, 1.54) is 12.7 Å². The summed E-state index contributed by atoms with van der Waals surface area (Å²) < 4.78 is 5.13. The fourth-order valence-electron chi connectivity index (χ4n) is 2.24. The highest BCUT2D eigenvalue weighted by Crippen LogP contribution is 2.34. The summed E-state index contributed by atoms with van der Waals surface area (Å²) in [6, 6.07) is 11.8. The maximum atomic E-state index is 10.2. The molecule has 2 aromatic rings. The maximum Gasteiger partial charge on any atom is 0.162 e. The number of benzene rings is 2. The van der Waals surface area contributed by atoms with Gasteiger partial charge in [-0.05, 0) is 30.2 Å². The normalized spacial score (nSPS) is 10.5. The minimum Gasteiger partial charge on any atom is -0.504 e. The van der Waals surface area contributed by atoms with Gasteiger partial charge in [-0.2, -0.15) is 0 Å². The molecule has 0 aliphatic heterocycles. The molecule has 2 aromatic carbocycles. The van der Waals surface area contributed by atoms with Gasteiger partial charge in [0.1, 0.15) is 0 Å². The molecular formula is C17H20ClNO2. The van der Waals surface area contributed by atoms with E-state index in [1.807, 2.05) is 7.05 Å². The van der Waals surface area contributed by atoms with E-state index >= 15 is 0 Å². The number of rotatable bonds is 5. The van der Waals surface area contributed by atoms with E-state index in [0.717, 1.165) is 17.7 Å². The molecule has 21 heavy (non-hydrogen) atoms. The van der Waals surface area contributed by atoms with Gasteiger partial charge in [-0.25, -0.2) is 0 Å². The third kappa shape index (κ3) is 3.61. The molecule has 112 valence electrons. The van der Waals surface area contributed by atoms with E-state index in [-0.39, 0.29) is 5.75 Å². The first-order valence-electron chi connectivity index (χ1n) is 6.90. The highest BCUT2D eigenvalue weighted by Gasteiger charge is 2.12. The highest BCUT2D eigenvalue weighted by atomic mass is 35.5. The molecule has 0 aliphatic carbocycles. The SMILES string of the molecule is CCc1ccc(N(C)Cc2cc(Cl)cc(OC)c2O)cc1. The Balaban J connectivity index is 2.22. The largest absolute Gasteiger partial charge is 0.504 e. The first kappa shape index (κ1) is 15.5. The maximum absolute atomic E-state index is 10.2. The molecule has 0 atom stereocenters. The summed E-state index contributed by atoms with van der Waals surface area (Å²) in [7, 11) is 3.50. The van der Waals surface area contributed by atoms with Gasteiger partial charge < -0.3 is 14.7 Å². The van der Waals surface area contributed by atoms with Crippen LogP contribution in [-0.2, 0) is 13.0 Å². The van der Waals surface area contributed by atoms with Crippen molar-refractivity contribution < 1.29 is 9.84 Å². The van der Waals surface area contributed by atoms with Gasteiger partial charge in [-0.3, -0.25) is 0 Å². The smallest absolute Gasteiger partial charge is 0.162 e. The van der Waals surface area contributed by atoms with Crippen molar-refractivity contribution in [1.29, 1.82) is 0 Å². The third-order valence-corrected chi connectivity index (χ3v) is 3.75. The minimum atomic E-state index is 0.138. The number of phenolic OH excluding ortho intramolecular Hbond substituents is 1. The number of hydrogen-bond acceptors (Lipinski definition) is 3. The quantitative estimate of drug-likeness (QED) is 0.896. The number of aromatic hydroxyl groups is 1. The zero-order valence-corrected chi connectivity index (χ0v) is 13.3. The summed E-state index contributed by atoms with van der Waals surface area (Å²) in [4.78, 5) is 2.06. The van der Waals surface area contributed by atoms with E-state index in [2.05, 4.69) is 36.1 Å². The molecule has 0 unspecified atom stereocenters. The van der Waals surface area contributed by atoms with Crippen molar-refractivity contribution in [2.45, 2.75) is 19.9 Å². The number of nitrogens with zero attached hydrogens (tertiary/aromatic N) is 1. The van der Waals surface area contributed by atoms with E-state index in [9.17, 15) is 5.11 Å². The summed E-state index contributed by atoms with van der Waals surface area (Å²) in [5.41, 5.74) is 3.13. The molecule has 0 amide bonds. The molecule has 1 N–H and O–H groups in total. The molecule has 0 bridgehead atoms. The number of hydrogen-bond donors (Lipinski definition) is 1. The fourth-order valence-corrected chi connectivity index (χ4v) is 2.47. The van der Waals surface area contributed by atoms with Crippen LogP contribution in [0.15, 0.2) is 36.4 Å². The zero-order chi connectivity index (χ0) is 15.4. The van der Waals surface area contributed by atoms with Gasteiger partial charge >= 0.3 is 0 Å². The standard InChI is InChI=1S/C17H20ClNO2/c1-4-12-5-7-15(8-6-12)19(2)11-13-9-14(18)10-16(21-3)17(13)20/h5-10,20H,4,11H2,1-3H3. The minimum absolute atomic E-state index is 0.138. The van der Waals surface area contributed by atoms with Crippen molar-refractivity contribution in [2.24, 2.45) is 0 Å². The Labute approximate surface area is 130 Å². The molecule has 0 spiro atoms. The second kappa shape index (κ2) is 6.72. The molecule has 0 heterocycles. The van der Waals surface area contributed by atoms with E-state index in [0.29, 0.717) is 17.3 Å². The molecule has 0 aliphatic rings. The Hall–Kier alpha value is -1.87. The van der Waals surface area contributed by atoms with Gasteiger partial charge in [0.2, 0.25) is 0 Å². The topological polar surface area (TPSA) is 32.7 Å². The molecule has 0 radical (unpaired) electrons.